The zero-order valence-corrected chi connectivity index (χ0v) is 21.6. The molecular formula is C22H20ClF2N3O6S2. The highest BCUT2D eigenvalue weighted by molar-refractivity contribution is 7.93. The van der Waals surface area contributed by atoms with E-state index in [1.54, 1.807) is 6.92 Å². The quantitative estimate of drug-likeness (QED) is 0.459. The Bertz CT molecular complexity index is 1660. The highest BCUT2D eigenvalue weighted by Crippen LogP contribution is 2.40. The lowest BCUT2D eigenvalue weighted by molar-refractivity contribution is 0.298. The number of hydrogen-bond acceptors (Lipinski definition) is 6. The van der Waals surface area contributed by atoms with Gasteiger partial charge in [0.2, 0.25) is 20.0 Å². The maximum absolute atomic E-state index is 13.9. The Hall–Kier alpha value is -3.16. The zero-order valence-electron chi connectivity index (χ0n) is 19.2. The van der Waals surface area contributed by atoms with Crippen molar-refractivity contribution in [3.63, 3.8) is 0 Å². The number of fused-ring (bicyclic) bond motifs is 1. The number of hydrogen-bond donors (Lipinski definition) is 0. The van der Waals surface area contributed by atoms with Crippen molar-refractivity contribution in [1.82, 2.24) is 4.57 Å². The smallest absolute Gasteiger partial charge is 0.277 e. The molecular weight excluding hydrogens is 540 g/mol. The molecule has 0 saturated heterocycles. The van der Waals surface area contributed by atoms with Gasteiger partial charge in [-0.3, -0.25) is 9.36 Å². The largest absolute Gasteiger partial charge is 0.487 e. The molecule has 0 spiro atoms. The van der Waals surface area contributed by atoms with E-state index in [4.69, 9.17) is 16.3 Å². The summed E-state index contributed by atoms with van der Waals surface area (Å²) in [5.74, 6) is -1.58. The molecule has 1 aliphatic heterocycles. The highest BCUT2D eigenvalue weighted by Gasteiger charge is 2.36. The van der Waals surface area contributed by atoms with Crippen LogP contribution in [-0.2, 0) is 26.7 Å². The molecule has 4 rings (SSSR count). The zero-order chi connectivity index (χ0) is 26.6. The molecule has 36 heavy (non-hydrogen) atoms. The van der Waals surface area contributed by atoms with Crippen LogP contribution in [0.15, 0.2) is 47.3 Å². The van der Waals surface area contributed by atoms with Gasteiger partial charge in [0.1, 0.15) is 35.7 Å². The summed E-state index contributed by atoms with van der Waals surface area (Å²) in [5, 5.41) is -0.318. The minimum absolute atomic E-state index is 0.0266. The number of anilines is 2. The third kappa shape index (κ3) is 4.77. The van der Waals surface area contributed by atoms with Crippen molar-refractivity contribution in [3.8, 4) is 11.4 Å². The van der Waals surface area contributed by atoms with Crippen LogP contribution in [0.5, 0.6) is 5.75 Å². The fraction of sp³-hybridized carbons (Fsp3) is 0.227. The number of sulfonamides is 2. The second-order valence-electron chi connectivity index (χ2n) is 8.17. The van der Waals surface area contributed by atoms with Crippen LogP contribution in [0.3, 0.4) is 0 Å². The summed E-state index contributed by atoms with van der Waals surface area (Å²) in [6.07, 6.45) is 1.90. The van der Waals surface area contributed by atoms with E-state index < -0.39 is 43.9 Å². The Labute approximate surface area is 211 Å². The van der Waals surface area contributed by atoms with E-state index in [0.717, 1.165) is 27.2 Å². The van der Waals surface area contributed by atoms with E-state index in [9.17, 15) is 30.4 Å². The average Bonchev–Trinajstić information content (AvgIpc) is 3.16. The third-order valence-electron chi connectivity index (χ3n) is 5.51. The van der Waals surface area contributed by atoms with Crippen molar-refractivity contribution in [2.24, 2.45) is 0 Å². The highest BCUT2D eigenvalue weighted by atomic mass is 35.5. The van der Waals surface area contributed by atoms with Crippen LogP contribution in [-0.4, -0.2) is 40.6 Å². The second-order valence-corrected chi connectivity index (χ2v) is 12.4. The number of rotatable bonds is 6. The summed E-state index contributed by atoms with van der Waals surface area (Å²) < 4.78 is 84.7. The van der Waals surface area contributed by atoms with E-state index in [0.29, 0.717) is 11.8 Å². The number of aryl methyl sites for hydroxylation is 1. The minimum atomic E-state index is -3.84. The maximum atomic E-state index is 13.9. The standard InChI is InChI=1S/C22H20ClF2N3O6S2/c1-13-8-20(34-11-14-4-5-15(24)9-17(14)25)21(23)22(29)28(13)16-6-7-18-19(10-16)27(36(3,32)33)12-26(18)35(2,30)31/h4-10H,11-12H2,1-3H3. The van der Waals surface area contributed by atoms with Gasteiger partial charge >= 0.3 is 0 Å². The molecule has 0 N–H and O–H groups in total. The molecule has 2 heterocycles. The van der Waals surface area contributed by atoms with Crippen molar-refractivity contribution in [3.05, 3.63) is 80.7 Å². The lowest BCUT2D eigenvalue weighted by atomic mass is 10.2. The van der Waals surface area contributed by atoms with Crippen LogP contribution in [0, 0.1) is 18.6 Å². The molecule has 9 nitrogen and oxygen atoms in total. The Morgan fingerprint density at radius 2 is 1.58 bits per heavy atom. The SMILES string of the molecule is Cc1cc(OCc2ccc(F)cc2F)c(Cl)c(=O)n1-c1ccc2c(c1)N(S(C)(=O)=O)CN2S(C)(=O)=O. The van der Waals surface area contributed by atoms with E-state index in [1.807, 2.05) is 0 Å². The van der Waals surface area contributed by atoms with Gasteiger partial charge in [0.25, 0.3) is 5.56 Å². The summed E-state index contributed by atoms with van der Waals surface area (Å²) in [7, 11) is -7.62. The van der Waals surface area contributed by atoms with Crippen molar-refractivity contribution < 1.29 is 30.4 Å². The monoisotopic (exact) mass is 559 g/mol. The first-order valence-corrected chi connectivity index (χ1v) is 14.3. The average molecular weight is 560 g/mol. The van der Waals surface area contributed by atoms with Gasteiger partial charge in [-0.05, 0) is 37.3 Å². The predicted octanol–water partition coefficient (Wildman–Crippen LogP) is 3.16. The van der Waals surface area contributed by atoms with Gasteiger partial charge in [0.15, 0.2) is 0 Å². The fourth-order valence-corrected chi connectivity index (χ4v) is 5.73. The second kappa shape index (κ2) is 9.05. The molecule has 1 aliphatic rings. The first-order chi connectivity index (χ1) is 16.7. The summed E-state index contributed by atoms with van der Waals surface area (Å²) in [6, 6.07) is 8.67. The Balaban J connectivity index is 1.75. The molecule has 0 radical (unpaired) electrons. The molecule has 0 aliphatic carbocycles. The van der Waals surface area contributed by atoms with Gasteiger partial charge in [-0.2, -0.15) is 0 Å². The number of aromatic nitrogens is 1. The van der Waals surface area contributed by atoms with E-state index in [2.05, 4.69) is 0 Å². The summed E-state index contributed by atoms with van der Waals surface area (Å²) in [4.78, 5) is 13.1. The van der Waals surface area contributed by atoms with Gasteiger partial charge in [0.05, 0.1) is 29.6 Å². The third-order valence-corrected chi connectivity index (χ3v) is 8.08. The van der Waals surface area contributed by atoms with Gasteiger partial charge in [-0.1, -0.05) is 11.6 Å². The molecule has 3 aromatic rings. The van der Waals surface area contributed by atoms with Crippen molar-refractivity contribution in [1.29, 1.82) is 0 Å². The number of pyridine rings is 1. The maximum Gasteiger partial charge on any atom is 0.277 e. The van der Waals surface area contributed by atoms with Crippen LogP contribution in [0.1, 0.15) is 11.3 Å². The molecule has 0 unspecified atom stereocenters. The molecule has 0 saturated carbocycles. The number of ether oxygens (including phenoxy) is 1. The van der Waals surface area contributed by atoms with E-state index >= 15 is 0 Å². The topological polar surface area (TPSA) is 106 Å². The lowest BCUT2D eigenvalue weighted by Gasteiger charge is -2.18. The van der Waals surface area contributed by atoms with Crippen LogP contribution < -0.4 is 18.9 Å². The number of nitrogens with zero attached hydrogens (tertiary/aromatic N) is 3. The predicted molar refractivity (Wildman–Crippen MR) is 132 cm³/mol. The van der Waals surface area contributed by atoms with Gasteiger partial charge in [-0.15, -0.1) is 0 Å². The van der Waals surface area contributed by atoms with Crippen molar-refractivity contribution >= 4 is 43.0 Å². The number of benzene rings is 2. The molecule has 14 heteroatoms. The fourth-order valence-electron chi connectivity index (χ4n) is 3.80. The van der Waals surface area contributed by atoms with Gasteiger partial charge in [0, 0.05) is 23.4 Å². The van der Waals surface area contributed by atoms with E-state index in [-0.39, 0.29) is 40.0 Å². The molecule has 0 amide bonds. The number of halogens is 3. The molecule has 192 valence electrons. The molecule has 0 atom stereocenters. The summed E-state index contributed by atoms with van der Waals surface area (Å²) in [6.45, 7) is 0.837. The van der Waals surface area contributed by atoms with Crippen LogP contribution in [0.4, 0.5) is 20.2 Å². The Morgan fingerprint density at radius 3 is 2.19 bits per heavy atom. The molecule has 1 aromatic heterocycles. The van der Waals surface area contributed by atoms with E-state index in [1.165, 1.54) is 34.9 Å². The van der Waals surface area contributed by atoms with Gasteiger partial charge < -0.3 is 4.74 Å². The summed E-state index contributed by atoms with van der Waals surface area (Å²) in [5.41, 5.74) is 0.167. The first-order valence-electron chi connectivity index (χ1n) is 10.3. The lowest BCUT2D eigenvalue weighted by Crippen LogP contribution is -2.37. The van der Waals surface area contributed by atoms with Crippen LogP contribution in [0.2, 0.25) is 5.02 Å². The van der Waals surface area contributed by atoms with Crippen LogP contribution in [0.25, 0.3) is 5.69 Å². The van der Waals surface area contributed by atoms with Crippen LogP contribution >= 0.6 is 11.6 Å². The Morgan fingerprint density at radius 1 is 0.944 bits per heavy atom. The molecule has 0 bridgehead atoms. The van der Waals surface area contributed by atoms with Crippen molar-refractivity contribution in [2.45, 2.75) is 13.5 Å². The first kappa shape index (κ1) is 25.9. The minimum Gasteiger partial charge on any atom is -0.487 e. The normalized spacial score (nSPS) is 13.7. The molecule has 0 fully saturated rings. The van der Waals surface area contributed by atoms with Crippen molar-refractivity contribution in [2.75, 3.05) is 27.8 Å². The Kier molecular flexibility index (Phi) is 6.52. The van der Waals surface area contributed by atoms with Gasteiger partial charge in [-0.25, -0.2) is 34.2 Å². The molecule has 2 aromatic carbocycles. The summed E-state index contributed by atoms with van der Waals surface area (Å²) >= 11 is 6.25.